The first-order chi connectivity index (χ1) is 15.7. The summed E-state index contributed by atoms with van der Waals surface area (Å²) in [7, 11) is 0. The molecular formula is C30H38N2O. The minimum Gasteiger partial charge on any atom is -0.320 e. The van der Waals surface area contributed by atoms with E-state index in [1.165, 1.54) is 11.1 Å². The smallest absolute Gasteiger partial charge is 0.320 e. The zero-order valence-electron chi connectivity index (χ0n) is 21.3. The van der Waals surface area contributed by atoms with E-state index in [9.17, 15) is 4.79 Å². The SMILES string of the molecule is CCCCN(Cc1ccccc1)C(=O)N(c1c(C)cc(C)cc1C)c1c(C)cc(C)cc1C. The number of hydrogen-bond acceptors (Lipinski definition) is 1. The molecule has 0 bridgehead atoms. The summed E-state index contributed by atoms with van der Waals surface area (Å²) in [6, 6.07) is 19.0. The van der Waals surface area contributed by atoms with Gasteiger partial charge >= 0.3 is 6.03 Å². The number of nitrogens with zero attached hydrogens (tertiary/aromatic N) is 2. The number of carbonyl (C=O) groups excluding carboxylic acids is 1. The van der Waals surface area contributed by atoms with Crippen LogP contribution in [-0.2, 0) is 6.54 Å². The van der Waals surface area contributed by atoms with Gasteiger partial charge in [-0.05, 0) is 75.8 Å². The highest BCUT2D eigenvalue weighted by molar-refractivity contribution is 6.02. The number of carbonyl (C=O) groups is 1. The summed E-state index contributed by atoms with van der Waals surface area (Å²) in [5.74, 6) is 0. The Morgan fingerprint density at radius 2 is 1.18 bits per heavy atom. The Hall–Kier alpha value is -3.07. The van der Waals surface area contributed by atoms with Crippen LogP contribution in [0.5, 0.6) is 0 Å². The molecule has 3 rings (SSSR count). The van der Waals surface area contributed by atoms with Gasteiger partial charge in [-0.1, -0.05) is 79.1 Å². The molecule has 0 heterocycles. The van der Waals surface area contributed by atoms with Gasteiger partial charge in [0, 0.05) is 13.1 Å². The van der Waals surface area contributed by atoms with Crippen molar-refractivity contribution in [3.63, 3.8) is 0 Å². The highest BCUT2D eigenvalue weighted by atomic mass is 16.2. The lowest BCUT2D eigenvalue weighted by molar-refractivity contribution is 0.203. The van der Waals surface area contributed by atoms with E-state index in [4.69, 9.17) is 0 Å². The van der Waals surface area contributed by atoms with E-state index >= 15 is 0 Å². The molecule has 0 aromatic heterocycles. The van der Waals surface area contributed by atoms with Crippen LogP contribution in [-0.4, -0.2) is 17.5 Å². The van der Waals surface area contributed by atoms with Crippen molar-refractivity contribution < 1.29 is 4.79 Å². The number of amides is 2. The van der Waals surface area contributed by atoms with Crippen molar-refractivity contribution in [2.75, 3.05) is 11.4 Å². The second kappa shape index (κ2) is 10.7. The molecule has 3 aromatic rings. The fraction of sp³-hybridized carbons (Fsp3) is 0.367. The maximum absolute atomic E-state index is 14.4. The number of rotatable bonds is 7. The topological polar surface area (TPSA) is 23.6 Å². The number of hydrogen-bond donors (Lipinski definition) is 0. The summed E-state index contributed by atoms with van der Waals surface area (Å²) in [4.78, 5) is 18.4. The summed E-state index contributed by atoms with van der Waals surface area (Å²) in [5, 5.41) is 0. The molecule has 0 aliphatic carbocycles. The molecule has 174 valence electrons. The van der Waals surface area contributed by atoms with Gasteiger partial charge in [0.2, 0.25) is 0 Å². The number of unbranched alkanes of at least 4 members (excludes halogenated alkanes) is 1. The van der Waals surface area contributed by atoms with E-state index in [2.05, 4.69) is 84.9 Å². The van der Waals surface area contributed by atoms with Crippen molar-refractivity contribution in [3.05, 3.63) is 93.5 Å². The van der Waals surface area contributed by atoms with Crippen LogP contribution in [0.4, 0.5) is 16.2 Å². The summed E-state index contributed by atoms with van der Waals surface area (Å²) in [6.07, 6.45) is 2.02. The second-order valence-corrected chi connectivity index (χ2v) is 9.37. The Balaban J connectivity index is 2.18. The fourth-order valence-electron chi connectivity index (χ4n) is 4.89. The maximum atomic E-state index is 14.4. The van der Waals surface area contributed by atoms with Crippen LogP contribution in [0.25, 0.3) is 0 Å². The van der Waals surface area contributed by atoms with E-state index in [1.54, 1.807) is 0 Å². The van der Waals surface area contributed by atoms with Gasteiger partial charge in [-0.25, -0.2) is 4.79 Å². The first-order valence-corrected chi connectivity index (χ1v) is 12.0. The van der Waals surface area contributed by atoms with Crippen LogP contribution in [0, 0.1) is 41.5 Å². The van der Waals surface area contributed by atoms with Gasteiger partial charge in [0.1, 0.15) is 0 Å². The third kappa shape index (κ3) is 5.65. The van der Waals surface area contributed by atoms with Crippen LogP contribution < -0.4 is 4.90 Å². The summed E-state index contributed by atoms with van der Waals surface area (Å²) in [5.41, 5.74) is 10.1. The van der Waals surface area contributed by atoms with Crippen LogP contribution >= 0.6 is 0 Å². The molecule has 0 aliphatic heterocycles. The Bertz CT molecular complexity index is 1010. The molecule has 0 saturated carbocycles. The molecule has 33 heavy (non-hydrogen) atoms. The number of aryl methyl sites for hydroxylation is 6. The van der Waals surface area contributed by atoms with E-state index < -0.39 is 0 Å². The zero-order chi connectivity index (χ0) is 24.1. The molecule has 0 N–H and O–H groups in total. The Morgan fingerprint density at radius 3 is 1.61 bits per heavy atom. The van der Waals surface area contributed by atoms with Crippen molar-refractivity contribution in [2.45, 2.75) is 67.9 Å². The largest absolute Gasteiger partial charge is 0.329 e. The molecule has 0 aliphatic rings. The predicted molar refractivity (Wildman–Crippen MR) is 141 cm³/mol. The van der Waals surface area contributed by atoms with Crippen molar-refractivity contribution in [1.82, 2.24) is 4.90 Å². The zero-order valence-corrected chi connectivity index (χ0v) is 21.3. The van der Waals surface area contributed by atoms with Gasteiger partial charge in [0.15, 0.2) is 0 Å². The van der Waals surface area contributed by atoms with E-state index in [-0.39, 0.29) is 6.03 Å². The van der Waals surface area contributed by atoms with Gasteiger partial charge in [-0.3, -0.25) is 4.90 Å². The van der Waals surface area contributed by atoms with Gasteiger partial charge in [0.05, 0.1) is 11.4 Å². The molecule has 0 unspecified atom stereocenters. The van der Waals surface area contributed by atoms with Gasteiger partial charge in [0.25, 0.3) is 0 Å². The second-order valence-electron chi connectivity index (χ2n) is 9.37. The first-order valence-electron chi connectivity index (χ1n) is 12.0. The normalized spacial score (nSPS) is 10.9. The molecular weight excluding hydrogens is 404 g/mol. The molecule has 0 saturated heterocycles. The van der Waals surface area contributed by atoms with E-state index in [1.807, 2.05) is 28.0 Å². The quantitative estimate of drug-likeness (QED) is 0.362. The summed E-state index contributed by atoms with van der Waals surface area (Å²) < 4.78 is 0. The maximum Gasteiger partial charge on any atom is 0.329 e. The lowest BCUT2D eigenvalue weighted by Gasteiger charge is -2.35. The van der Waals surface area contributed by atoms with Crippen LogP contribution in [0.15, 0.2) is 54.6 Å². The van der Waals surface area contributed by atoms with Gasteiger partial charge < -0.3 is 4.90 Å². The third-order valence-corrected chi connectivity index (χ3v) is 6.18. The number of anilines is 2. The Labute approximate surface area is 200 Å². The molecule has 0 fully saturated rings. The molecule has 0 radical (unpaired) electrons. The lowest BCUT2D eigenvalue weighted by atomic mass is 10.00. The lowest BCUT2D eigenvalue weighted by Crippen LogP contribution is -2.42. The Morgan fingerprint density at radius 1 is 0.727 bits per heavy atom. The standard InChI is InChI=1S/C30H38N2O/c1-8-9-15-31(20-27-13-11-10-12-14-27)30(33)32(28-23(4)16-21(2)17-24(28)5)29-25(6)18-22(3)19-26(29)7/h10-14,16-19H,8-9,15,20H2,1-7H3. The average molecular weight is 443 g/mol. The molecule has 0 atom stereocenters. The van der Waals surface area contributed by atoms with Crippen molar-refractivity contribution in [2.24, 2.45) is 0 Å². The third-order valence-electron chi connectivity index (χ3n) is 6.18. The van der Waals surface area contributed by atoms with Crippen molar-refractivity contribution in [1.29, 1.82) is 0 Å². The van der Waals surface area contributed by atoms with Crippen LogP contribution in [0.1, 0.15) is 58.7 Å². The molecule has 3 heteroatoms. The van der Waals surface area contributed by atoms with E-state index in [0.717, 1.165) is 58.6 Å². The van der Waals surface area contributed by atoms with Crippen LogP contribution in [0.3, 0.4) is 0 Å². The molecule has 0 spiro atoms. The van der Waals surface area contributed by atoms with E-state index in [0.29, 0.717) is 6.54 Å². The average Bonchev–Trinajstić information content (AvgIpc) is 2.74. The number of benzene rings is 3. The molecule has 3 aromatic carbocycles. The predicted octanol–water partition coefficient (Wildman–Crippen LogP) is 8.10. The fourth-order valence-corrected chi connectivity index (χ4v) is 4.89. The van der Waals surface area contributed by atoms with Crippen molar-refractivity contribution >= 4 is 17.4 Å². The van der Waals surface area contributed by atoms with Gasteiger partial charge in [-0.2, -0.15) is 0 Å². The molecule has 2 amide bonds. The highest BCUT2D eigenvalue weighted by Gasteiger charge is 2.29. The number of urea groups is 1. The summed E-state index contributed by atoms with van der Waals surface area (Å²) in [6.45, 7) is 16.2. The first kappa shape index (κ1) is 24.6. The monoisotopic (exact) mass is 442 g/mol. The Kier molecular flexibility index (Phi) is 7.97. The van der Waals surface area contributed by atoms with Gasteiger partial charge in [-0.15, -0.1) is 0 Å². The minimum absolute atomic E-state index is 0.0393. The molecule has 3 nitrogen and oxygen atoms in total. The highest BCUT2D eigenvalue weighted by Crippen LogP contribution is 2.38. The minimum atomic E-state index is 0.0393. The summed E-state index contributed by atoms with van der Waals surface area (Å²) >= 11 is 0. The van der Waals surface area contributed by atoms with Crippen molar-refractivity contribution in [3.8, 4) is 0 Å². The van der Waals surface area contributed by atoms with Crippen LogP contribution in [0.2, 0.25) is 0 Å².